The fraction of sp³-hybridized carbons (Fsp3) is 0.333. The zero-order valence-corrected chi connectivity index (χ0v) is 14.5. The number of carbonyl (C=O) groups is 1. The highest BCUT2D eigenvalue weighted by Crippen LogP contribution is 2.47. The number of rotatable bonds is 5. The Balaban J connectivity index is 1.58. The summed E-state index contributed by atoms with van der Waals surface area (Å²) in [6.07, 6.45) is 0.910. The fourth-order valence-corrected chi connectivity index (χ4v) is 2.95. The molecule has 1 amide bonds. The first-order valence-corrected chi connectivity index (χ1v) is 8.55. The predicted molar refractivity (Wildman–Crippen MR) is 98.2 cm³/mol. The largest absolute Gasteiger partial charge is 0.273 e. The van der Waals surface area contributed by atoms with Gasteiger partial charge < -0.3 is 0 Å². The van der Waals surface area contributed by atoms with Crippen LogP contribution in [-0.2, 0) is 4.79 Å². The summed E-state index contributed by atoms with van der Waals surface area (Å²) in [4.78, 5) is 12.3. The number of nitrogens with one attached hydrogen (secondary N) is 1. The monoisotopic (exact) mass is 320 g/mol. The molecule has 3 heteroatoms. The van der Waals surface area contributed by atoms with Crippen LogP contribution in [0.15, 0.2) is 59.7 Å². The molecule has 0 aliphatic heterocycles. The molecular weight excluding hydrogens is 296 g/mol. The van der Waals surface area contributed by atoms with Gasteiger partial charge in [-0.25, -0.2) is 5.43 Å². The zero-order chi connectivity index (χ0) is 17.1. The second-order valence-corrected chi connectivity index (χ2v) is 6.81. The SMILES string of the molecule is C/C(=N\NC(=O)C1CC1c1ccccc1)c1ccc(C(C)C)cc1. The van der Waals surface area contributed by atoms with Crippen LogP contribution in [0.25, 0.3) is 0 Å². The molecule has 2 aromatic carbocycles. The lowest BCUT2D eigenvalue weighted by Gasteiger charge is -2.07. The molecular formula is C21H24N2O. The minimum atomic E-state index is 0.0157. The summed E-state index contributed by atoms with van der Waals surface area (Å²) < 4.78 is 0. The van der Waals surface area contributed by atoms with E-state index in [0.29, 0.717) is 11.8 Å². The summed E-state index contributed by atoms with van der Waals surface area (Å²) in [7, 11) is 0. The number of benzene rings is 2. The average Bonchev–Trinajstić information content (AvgIpc) is 3.41. The van der Waals surface area contributed by atoms with Gasteiger partial charge in [0, 0.05) is 5.92 Å². The van der Waals surface area contributed by atoms with Crippen LogP contribution in [0.1, 0.15) is 55.7 Å². The maximum atomic E-state index is 12.3. The fourth-order valence-electron chi connectivity index (χ4n) is 2.95. The minimum absolute atomic E-state index is 0.0157. The Kier molecular flexibility index (Phi) is 4.79. The number of nitrogens with zero attached hydrogens (tertiary/aromatic N) is 1. The Morgan fingerprint density at radius 1 is 1.08 bits per heavy atom. The van der Waals surface area contributed by atoms with Gasteiger partial charge in [-0.15, -0.1) is 0 Å². The smallest absolute Gasteiger partial charge is 0.243 e. The average molecular weight is 320 g/mol. The van der Waals surface area contributed by atoms with E-state index in [1.165, 1.54) is 11.1 Å². The van der Waals surface area contributed by atoms with Crippen LogP contribution in [0.5, 0.6) is 0 Å². The number of hydrazone groups is 1. The molecule has 1 aliphatic rings. The summed E-state index contributed by atoms with van der Waals surface area (Å²) in [6, 6.07) is 18.6. The Morgan fingerprint density at radius 2 is 1.75 bits per heavy atom. The molecule has 24 heavy (non-hydrogen) atoms. The predicted octanol–water partition coefficient (Wildman–Crippen LogP) is 4.45. The molecule has 0 spiro atoms. The van der Waals surface area contributed by atoms with Gasteiger partial charge in [0.1, 0.15) is 0 Å². The van der Waals surface area contributed by atoms with Gasteiger partial charge in [-0.2, -0.15) is 5.10 Å². The highest BCUT2D eigenvalue weighted by Gasteiger charge is 2.43. The lowest BCUT2D eigenvalue weighted by Crippen LogP contribution is -2.21. The molecule has 2 atom stereocenters. The molecule has 1 fully saturated rings. The van der Waals surface area contributed by atoms with Gasteiger partial charge >= 0.3 is 0 Å². The standard InChI is InChI=1S/C21H24N2O/c1-14(2)16-9-11-17(12-10-16)15(3)22-23-21(24)20-13-19(20)18-7-5-4-6-8-18/h4-12,14,19-20H,13H2,1-3H3,(H,23,24)/b22-15+. The van der Waals surface area contributed by atoms with Crippen LogP contribution in [0, 0.1) is 5.92 Å². The van der Waals surface area contributed by atoms with E-state index < -0.39 is 0 Å². The van der Waals surface area contributed by atoms with E-state index in [9.17, 15) is 4.79 Å². The minimum Gasteiger partial charge on any atom is -0.273 e. The van der Waals surface area contributed by atoms with Gasteiger partial charge in [-0.3, -0.25) is 4.79 Å². The van der Waals surface area contributed by atoms with E-state index in [1.807, 2.05) is 25.1 Å². The quantitative estimate of drug-likeness (QED) is 0.641. The van der Waals surface area contributed by atoms with Crippen molar-refractivity contribution >= 4 is 11.6 Å². The van der Waals surface area contributed by atoms with Gasteiger partial charge in [-0.1, -0.05) is 68.4 Å². The molecule has 3 nitrogen and oxygen atoms in total. The van der Waals surface area contributed by atoms with Crippen LogP contribution in [0.4, 0.5) is 0 Å². The third kappa shape index (κ3) is 3.73. The van der Waals surface area contributed by atoms with Crippen LogP contribution >= 0.6 is 0 Å². The summed E-state index contributed by atoms with van der Waals surface area (Å²) >= 11 is 0. The topological polar surface area (TPSA) is 41.5 Å². The Hall–Kier alpha value is -2.42. The summed E-state index contributed by atoms with van der Waals surface area (Å²) in [5, 5.41) is 4.28. The lowest BCUT2D eigenvalue weighted by molar-refractivity contribution is -0.122. The summed E-state index contributed by atoms with van der Waals surface area (Å²) in [5.74, 6) is 0.919. The molecule has 1 N–H and O–H groups in total. The van der Waals surface area contributed by atoms with Gasteiger partial charge in [-0.05, 0) is 41.9 Å². The highest BCUT2D eigenvalue weighted by molar-refractivity contribution is 5.99. The number of carbonyl (C=O) groups excluding carboxylic acids is 1. The second-order valence-electron chi connectivity index (χ2n) is 6.81. The summed E-state index contributed by atoms with van der Waals surface area (Å²) in [6.45, 7) is 6.27. The molecule has 0 aromatic heterocycles. The third-order valence-corrected chi connectivity index (χ3v) is 4.68. The van der Waals surface area contributed by atoms with Crippen molar-refractivity contribution in [2.24, 2.45) is 11.0 Å². The molecule has 0 radical (unpaired) electrons. The molecule has 0 saturated heterocycles. The van der Waals surface area contributed by atoms with Crippen LogP contribution in [-0.4, -0.2) is 11.6 Å². The molecule has 0 bridgehead atoms. The highest BCUT2D eigenvalue weighted by atomic mass is 16.2. The number of amides is 1. The van der Waals surface area contributed by atoms with E-state index in [0.717, 1.165) is 17.7 Å². The molecule has 0 heterocycles. The normalized spacial score (nSPS) is 20.1. The summed E-state index contributed by atoms with van der Waals surface area (Å²) in [5.41, 5.74) is 7.14. The molecule has 1 aliphatic carbocycles. The van der Waals surface area contributed by atoms with E-state index in [-0.39, 0.29) is 11.8 Å². The lowest BCUT2D eigenvalue weighted by atomic mass is 10.0. The molecule has 2 aromatic rings. The van der Waals surface area contributed by atoms with Crippen molar-refractivity contribution in [2.45, 2.75) is 39.0 Å². The van der Waals surface area contributed by atoms with E-state index in [4.69, 9.17) is 0 Å². The van der Waals surface area contributed by atoms with Gasteiger partial charge in [0.25, 0.3) is 0 Å². The second kappa shape index (κ2) is 7.00. The van der Waals surface area contributed by atoms with Gasteiger partial charge in [0.05, 0.1) is 5.71 Å². The number of hydrogen-bond acceptors (Lipinski definition) is 2. The number of hydrogen-bond donors (Lipinski definition) is 1. The van der Waals surface area contributed by atoms with Crippen molar-refractivity contribution in [1.29, 1.82) is 0 Å². The van der Waals surface area contributed by atoms with Crippen LogP contribution in [0.3, 0.4) is 0 Å². The van der Waals surface area contributed by atoms with E-state index >= 15 is 0 Å². The van der Waals surface area contributed by atoms with Crippen LogP contribution in [0.2, 0.25) is 0 Å². The van der Waals surface area contributed by atoms with Crippen LogP contribution < -0.4 is 5.43 Å². The Bertz CT molecular complexity index is 732. The molecule has 124 valence electrons. The first-order valence-electron chi connectivity index (χ1n) is 8.55. The first-order chi connectivity index (χ1) is 11.6. The van der Waals surface area contributed by atoms with Crippen molar-refractivity contribution in [3.63, 3.8) is 0 Å². The van der Waals surface area contributed by atoms with Gasteiger partial charge in [0.2, 0.25) is 5.91 Å². The third-order valence-electron chi connectivity index (χ3n) is 4.68. The molecule has 1 saturated carbocycles. The van der Waals surface area contributed by atoms with Crippen molar-refractivity contribution in [3.8, 4) is 0 Å². The first kappa shape index (κ1) is 16.4. The zero-order valence-electron chi connectivity index (χ0n) is 14.5. The maximum absolute atomic E-state index is 12.3. The van der Waals surface area contributed by atoms with Crippen molar-refractivity contribution in [2.75, 3.05) is 0 Å². The Morgan fingerprint density at radius 3 is 2.38 bits per heavy atom. The van der Waals surface area contributed by atoms with E-state index in [1.54, 1.807) is 0 Å². The van der Waals surface area contributed by atoms with Crippen molar-refractivity contribution in [1.82, 2.24) is 5.43 Å². The van der Waals surface area contributed by atoms with Gasteiger partial charge in [0.15, 0.2) is 0 Å². The van der Waals surface area contributed by atoms with E-state index in [2.05, 4.69) is 60.8 Å². The van der Waals surface area contributed by atoms with Crippen molar-refractivity contribution in [3.05, 3.63) is 71.3 Å². The maximum Gasteiger partial charge on any atom is 0.243 e. The Labute approximate surface area is 143 Å². The van der Waals surface area contributed by atoms with Crippen molar-refractivity contribution < 1.29 is 4.79 Å². The molecule has 2 unspecified atom stereocenters. The molecule has 3 rings (SSSR count).